The second kappa shape index (κ2) is 5.88. The van der Waals surface area contributed by atoms with Crippen molar-refractivity contribution in [2.75, 3.05) is 11.9 Å². The van der Waals surface area contributed by atoms with E-state index in [1.807, 2.05) is 0 Å². The smallest absolute Gasteiger partial charge is 0.0580 e. The van der Waals surface area contributed by atoms with Crippen molar-refractivity contribution in [3.05, 3.63) is 89.2 Å². The molecule has 0 spiro atoms. The van der Waals surface area contributed by atoms with Crippen LogP contribution in [0.1, 0.15) is 41.5 Å². The first kappa shape index (κ1) is 16.2. The molecule has 0 bridgehead atoms. The minimum Gasteiger partial charge on any atom is -0.367 e. The van der Waals surface area contributed by atoms with Crippen molar-refractivity contribution in [2.45, 2.75) is 37.1 Å². The molecule has 3 unspecified atom stereocenters. The van der Waals surface area contributed by atoms with Gasteiger partial charge >= 0.3 is 0 Å². The molecule has 1 aliphatic heterocycles. The summed E-state index contributed by atoms with van der Waals surface area (Å²) in [5.74, 6) is 0.996. The molecule has 2 heterocycles. The van der Waals surface area contributed by atoms with Crippen LogP contribution in [0.4, 0.5) is 5.69 Å². The largest absolute Gasteiger partial charge is 0.367 e. The van der Waals surface area contributed by atoms with Crippen molar-refractivity contribution in [1.29, 1.82) is 0 Å². The number of likely N-dealkylation sites (N-methyl/N-ethyl adjacent to an activating group) is 1. The van der Waals surface area contributed by atoms with E-state index in [1.54, 1.807) is 11.3 Å². The average Bonchev–Trinajstić information content (AvgIpc) is 3.21. The van der Waals surface area contributed by atoms with Crippen molar-refractivity contribution in [2.24, 2.45) is 7.05 Å². The van der Waals surface area contributed by atoms with E-state index in [1.165, 1.54) is 47.0 Å². The second-order valence-electron chi connectivity index (χ2n) is 8.60. The number of nitrogens with zero attached hydrogens (tertiary/aromatic N) is 2. The third-order valence-electron chi connectivity index (χ3n) is 7.26. The van der Waals surface area contributed by atoms with Crippen LogP contribution in [0, 0.1) is 0 Å². The first-order valence-corrected chi connectivity index (χ1v) is 10.5. The zero-order chi connectivity index (χ0) is 18.8. The van der Waals surface area contributed by atoms with Crippen LogP contribution in [0.2, 0.25) is 0 Å². The number of hydrogen-bond acceptors (Lipinski definition) is 1. The van der Waals surface area contributed by atoms with E-state index >= 15 is 0 Å². The van der Waals surface area contributed by atoms with Crippen LogP contribution in [0.3, 0.4) is 0 Å². The predicted octanol–water partition coefficient (Wildman–Crippen LogP) is 5.70. The Kier molecular flexibility index (Phi) is 3.41. The highest BCUT2D eigenvalue weighted by Crippen LogP contribution is 2.47. The Morgan fingerprint density at radius 3 is 2.71 bits per heavy atom. The molecule has 2 aliphatic carbocycles. The first-order valence-electron chi connectivity index (χ1n) is 10.5. The van der Waals surface area contributed by atoms with E-state index < -0.39 is 0 Å². The summed E-state index contributed by atoms with van der Waals surface area (Å²) < 4.78 is 2.46. The van der Waals surface area contributed by atoms with Gasteiger partial charge in [0.15, 0.2) is 0 Å². The fraction of sp³-hybridized carbons (Fsp3) is 0.308. The molecule has 2 aromatic carbocycles. The predicted molar refractivity (Wildman–Crippen MR) is 117 cm³/mol. The molecule has 3 atom stereocenters. The quantitative estimate of drug-likeness (QED) is 0.536. The molecule has 1 aromatic heterocycles. The molecule has 3 aliphatic rings. The summed E-state index contributed by atoms with van der Waals surface area (Å²) in [4.78, 5) is 2.47. The lowest BCUT2D eigenvalue weighted by molar-refractivity contribution is 0.576. The molecule has 6 rings (SSSR count). The number of aryl methyl sites for hydroxylation is 2. The minimum absolute atomic E-state index is 0.442. The molecule has 0 fully saturated rings. The van der Waals surface area contributed by atoms with E-state index in [-0.39, 0.29) is 0 Å². The highest BCUT2D eigenvalue weighted by molar-refractivity contribution is 5.86. The van der Waals surface area contributed by atoms with Gasteiger partial charge < -0.3 is 9.47 Å². The van der Waals surface area contributed by atoms with Crippen LogP contribution in [0.15, 0.2) is 72.3 Å². The van der Waals surface area contributed by atoms with E-state index in [0.717, 1.165) is 0 Å². The molecule has 0 saturated carbocycles. The van der Waals surface area contributed by atoms with Crippen molar-refractivity contribution in [3.8, 4) is 0 Å². The Labute approximate surface area is 166 Å². The standard InChI is InChI=1S/C26H26N2/c1-27-23-12-5-3-8-19(23)21-15-14-17(16-25(21)27)18-10-7-11-22-20-9-4-6-13-24(20)28(2)26(18)22/h3-6,8-9,12-16,18,21,25H,7,10-11H2,1-2H3. The monoisotopic (exact) mass is 366 g/mol. The van der Waals surface area contributed by atoms with Crippen LogP contribution in [-0.2, 0) is 13.5 Å². The Morgan fingerprint density at radius 1 is 0.964 bits per heavy atom. The summed E-state index contributed by atoms with van der Waals surface area (Å²) in [7, 11) is 4.51. The lowest BCUT2D eigenvalue weighted by atomic mass is 9.78. The van der Waals surface area contributed by atoms with Crippen molar-refractivity contribution in [1.82, 2.24) is 4.57 Å². The molecule has 0 radical (unpaired) electrons. The zero-order valence-electron chi connectivity index (χ0n) is 16.6. The van der Waals surface area contributed by atoms with Gasteiger partial charge in [-0.1, -0.05) is 54.6 Å². The molecule has 3 aromatic rings. The van der Waals surface area contributed by atoms with Crippen LogP contribution < -0.4 is 4.90 Å². The molecule has 0 N–H and O–H groups in total. The molecule has 28 heavy (non-hydrogen) atoms. The third-order valence-corrected chi connectivity index (χ3v) is 7.26. The molecule has 0 amide bonds. The average molecular weight is 367 g/mol. The first-order chi connectivity index (χ1) is 13.7. The summed E-state index contributed by atoms with van der Waals surface area (Å²) in [5.41, 5.74) is 8.86. The molecule has 140 valence electrons. The van der Waals surface area contributed by atoms with Gasteiger partial charge in [-0.15, -0.1) is 0 Å². The minimum atomic E-state index is 0.442. The summed E-state index contributed by atoms with van der Waals surface area (Å²) in [5, 5.41) is 1.45. The van der Waals surface area contributed by atoms with Crippen LogP contribution in [0.5, 0.6) is 0 Å². The van der Waals surface area contributed by atoms with E-state index in [4.69, 9.17) is 0 Å². The van der Waals surface area contributed by atoms with Gasteiger partial charge in [0.05, 0.1) is 6.04 Å². The fourth-order valence-electron chi connectivity index (χ4n) is 5.95. The Hall–Kier alpha value is -2.74. The number of aromatic nitrogens is 1. The zero-order valence-corrected chi connectivity index (χ0v) is 16.6. The molecular weight excluding hydrogens is 340 g/mol. The maximum Gasteiger partial charge on any atom is 0.0580 e. The lowest BCUT2D eigenvalue weighted by Crippen LogP contribution is -2.30. The number of fused-ring (bicyclic) bond motifs is 6. The van der Waals surface area contributed by atoms with Gasteiger partial charge in [-0.2, -0.15) is 0 Å². The fourth-order valence-corrected chi connectivity index (χ4v) is 5.95. The lowest BCUT2D eigenvalue weighted by Gasteiger charge is -2.31. The summed E-state index contributed by atoms with van der Waals surface area (Å²) >= 11 is 0. The number of hydrogen-bond donors (Lipinski definition) is 0. The van der Waals surface area contributed by atoms with Gasteiger partial charge in [0, 0.05) is 48.2 Å². The van der Waals surface area contributed by atoms with Gasteiger partial charge in [-0.25, -0.2) is 0 Å². The molecule has 0 saturated heterocycles. The Morgan fingerprint density at radius 2 is 1.79 bits per heavy atom. The molecule has 2 nitrogen and oxygen atoms in total. The van der Waals surface area contributed by atoms with Crippen molar-refractivity contribution in [3.63, 3.8) is 0 Å². The number of para-hydroxylation sites is 2. The van der Waals surface area contributed by atoms with E-state index in [0.29, 0.717) is 17.9 Å². The van der Waals surface area contributed by atoms with Gasteiger partial charge in [-0.3, -0.25) is 0 Å². The third kappa shape index (κ3) is 2.09. The highest BCUT2D eigenvalue weighted by Gasteiger charge is 2.37. The maximum absolute atomic E-state index is 2.56. The normalized spacial score (nSPS) is 25.4. The van der Waals surface area contributed by atoms with Gasteiger partial charge in [0.25, 0.3) is 0 Å². The van der Waals surface area contributed by atoms with Crippen LogP contribution in [0.25, 0.3) is 10.9 Å². The Bertz CT molecular complexity index is 1150. The topological polar surface area (TPSA) is 8.17 Å². The summed E-state index contributed by atoms with van der Waals surface area (Å²) in [6.07, 6.45) is 11.2. The van der Waals surface area contributed by atoms with Crippen LogP contribution in [-0.4, -0.2) is 17.7 Å². The molecule has 2 heteroatoms. The SMILES string of the molecule is CN1c2ccccc2C2C=CC(C3CCCc4c3n(C)c3ccccc43)=CC21. The summed E-state index contributed by atoms with van der Waals surface area (Å²) in [6.45, 7) is 0. The number of benzene rings is 2. The van der Waals surface area contributed by atoms with Gasteiger partial charge in [-0.05, 0) is 48.1 Å². The molecular formula is C26H26N2. The number of anilines is 1. The van der Waals surface area contributed by atoms with Gasteiger partial charge in [0.1, 0.15) is 0 Å². The van der Waals surface area contributed by atoms with Gasteiger partial charge in [0.2, 0.25) is 0 Å². The second-order valence-corrected chi connectivity index (χ2v) is 8.60. The van der Waals surface area contributed by atoms with E-state index in [2.05, 4.69) is 90.3 Å². The van der Waals surface area contributed by atoms with Crippen molar-refractivity contribution >= 4 is 16.6 Å². The highest BCUT2D eigenvalue weighted by atomic mass is 15.2. The van der Waals surface area contributed by atoms with Crippen molar-refractivity contribution < 1.29 is 0 Å². The Balaban J connectivity index is 1.45. The number of rotatable bonds is 1. The number of allylic oxidation sites excluding steroid dienone is 2. The maximum atomic E-state index is 2.56. The van der Waals surface area contributed by atoms with E-state index in [9.17, 15) is 0 Å². The van der Waals surface area contributed by atoms with Crippen LogP contribution >= 0.6 is 0 Å². The summed E-state index contributed by atoms with van der Waals surface area (Å²) in [6, 6.07) is 18.2.